The molecule has 0 aromatic carbocycles. The van der Waals surface area contributed by atoms with Gasteiger partial charge in [0.2, 0.25) is 11.8 Å². The number of hydrogen-bond donors (Lipinski definition) is 1. The normalized spacial score (nSPS) is 33.7. The van der Waals surface area contributed by atoms with Gasteiger partial charge in [-0.15, -0.1) is 0 Å². The second kappa shape index (κ2) is 6.77. The lowest BCUT2D eigenvalue weighted by Crippen LogP contribution is -2.65. The Balaban J connectivity index is 2.13. The Labute approximate surface area is 127 Å². The van der Waals surface area contributed by atoms with Gasteiger partial charge in [0.05, 0.1) is 12.2 Å². The van der Waals surface area contributed by atoms with Crippen LogP contribution in [0.3, 0.4) is 0 Å². The molecule has 2 heterocycles. The highest BCUT2D eigenvalue weighted by atomic mass is 16.5. The molecular weight excluding hydrogens is 268 g/mol. The predicted octanol–water partition coefficient (Wildman–Crippen LogP) is 1.71. The van der Waals surface area contributed by atoms with Gasteiger partial charge < -0.3 is 15.0 Å². The zero-order chi connectivity index (χ0) is 15.6. The standard InChI is InChI=1S/C16H28N2O3/c1-5-6-13-15(19)17-14(10(2)3)16(20)18(13)9-12-8-7-11(4)21-12/h10-14H,5-9H2,1-4H3,(H,17,19). The second-order valence-electron chi connectivity index (χ2n) is 6.67. The van der Waals surface area contributed by atoms with Crippen LogP contribution in [0.2, 0.25) is 0 Å². The largest absolute Gasteiger partial charge is 0.373 e. The van der Waals surface area contributed by atoms with Crippen LogP contribution in [0.5, 0.6) is 0 Å². The Morgan fingerprint density at radius 1 is 1.33 bits per heavy atom. The van der Waals surface area contributed by atoms with Gasteiger partial charge in [0.1, 0.15) is 12.1 Å². The van der Waals surface area contributed by atoms with Crippen molar-refractivity contribution < 1.29 is 14.3 Å². The number of hydrogen-bond acceptors (Lipinski definition) is 3. The van der Waals surface area contributed by atoms with Crippen molar-refractivity contribution in [3.05, 3.63) is 0 Å². The van der Waals surface area contributed by atoms with E-state index >= 15 is 0 Å². The predicted molar refractivity (Wildman–Crippen MR) is 80.7 cm³/mol. The topological polar surface area (TPSA) is 58.6 Å². The highest BCUT2D eigenvalue weighted by Crippen LogP contribution is 2.24. The molecule has 120 valence electrons. The molecule has 4 atom stereocenters. The molecule has 2 saturated heterocycles. The highest BCUT2D eigenvalue weighted by Gasteiger charge is 2.42. The van der Waals surface area contributed by atoms with Gasteiger partial charge in [-0.05, 0) is 32.1 Å². The van der Waals surface area contributed by atoms with E-state index in [0.29, 0.717) is 13.0 Å². The van der Waals surface area contributed by atoms with E-state index < -0.39 is 6.04 Å². The van der Waals surface area contributed by atoms with E-state index in [2.05, 4.69) is 12.2 Å². The molecule has 0 bridgehead atoms. The lowest BCUT2D eigenvalue weighted by Gasteiger charge is -2.41. The third-order valence-corrected chi connectivity index (χ3v) is 4.47. The van der Waals surface area contributed by atoms with Crippen molar-refractivity contribution in [3.63, 3.8) is 0 Å². The molecule has 0 radical (unpaired) electrons. The van der Waals surface area contributed by atoms with Crippen LogP contribution in [-0.2, 0) is 14.3 Å². The first-order valence-corrected chi connectivity index (χ1v) is 8.20. The van der Waals surface area contributed by atoms with Crippen molar-refractivity contribution in [2.24, 2.45) is 5.92 Å². The summed E-state index contributed by atoms with van der Waals surface area (Å²) in [6.07, 6.45) is 3.93. The summed E-state index contributed by atoms with van der Waals surface area (Å²) in [5.41, 5.74) is 0. The SMILES string of the molecule is CCCC1C(=O)NC(C(C)C)C(=O)N1CC1CCC(C)O1. The summed E-state index contributed by atoms with van der Waals surface area (Å²) < 4.78 is 5.84. The fourth-order valence-corrected chi connectivity index (χ4v) is 3.25. The van der Waals surface area contributed by atoms with Crippen molar-refractivity contribution in [3.8, 4) is 0 Å². The Morgan fingerprint density at radius 3 is 2.57 bits per heavy atom. The molecule has 0 spiro atoms. The second-order valence-corrected chi connectivity index (χ2v) is 6.67. The van der Waals surface area contributed by atoms with Gasteiger partial charge in [-0.2, -0.15) is 0 Å². The van der Waals surface area contributed by atoms with Crippen LogP contribution in [0.1, 0.15) is 53.4 Å². The number of ether oxygens (including phenoxy) is 1. The zero-order valence-corrected chi connectivity index (χ0v) is 13.6. The maximum absolute atomic E-state index is 12.7. The molecule has 0 aromatic heterocycles. The molecule has 0 aromatic rings. The summed E-state index contributed by atoms with van der Waals surface area (Å²) in [6.45, 7) is 8.58. The number of nitrogens with one attached hydrogen (secondary N) is 1. The van der Waals surface area contributed by atoms with Crippen molar-refractivity contribution >= 4 is 11.8 Å². The summed E-state index contributed by atoms with van der Waals surface area (Å²) in [5.74, 6) is 0.141. The highest BCUT2D eigenvalue weighted by molar-refractivity contribution is 5.97. The van der Waals surface area contributed by atoms with Crippen molar-refractivity contribution in [1.82, 2.24) is 10.2 Å². The summed E-state index contributed by atoms with van der Waals surface area (Å²) >= 11 is 0. The molecule has 2 rings (SSSR count). The summed E-state index contributed by atoms with van der Waals surface area (Å²) in [6, 6.07) is -0.735. The van der Waals surface area contributed by atoms with Crippen LogP contribution >= 0.6 is 0 Å². The van der Waals surface area contributed by atoms with Gasteiger partial charge in [0, 0.05) is 6.54 Å². The third kappa shape index (κ3) is 3.57. The van der Waals surface area contributed by atoms with Crippen LogP contribution in [0, 0.1) is 5.92 Å². The summed E-state index contributed by atoms with van der Waals surface area (Å²) in [4.78, 5) is 26.8. The van der Waals surface area contributed by atoms with Crippen molar-refractivity contribution in [2.75, 3.05) is 6.54 Å². The Morgan fingerprint density at radius 2 is 2.05 bits per heavy atom. The van der Waals surface area contributed by atoms with E-state index in [1.807, 2.05) is 20.8 Å². The first-order chi connectivity index (χ1) is 9.93. The first kappa shape index (κ1) is 16.3. The molecule has 1 N–H and O–H groups in total. The molecule has 2 aliphatic heterocycles. The number of rotatable bonds is 5. The lowest BCUT2D eigenvalue weighted by atomic mass is 9.95. The van der Waals surface area contributed by atoms with Crippen LogP contribution in [-0.4, -0.2) is 47.6 Å². The van der Waals surface area contributed by atoms with Crippen molar-refractivity contribution in [1.29, 1.82) is 0 Å². The molecular formula is C16H28N2O3. The van der Waals surface area contributed by atoms with Gasteiger partial charge in [0.15, 0.2) is 0 Å². The molecule has 0 saturated carbocycles. The molecule has 21 heavy (non-hydrogen) atoms. The zero-order valence-electron chi connectivity index (χ0n) is 13.6. The van der Waals surface area contributed by atoms with Crippen molar-refractivity contribution in [2.45, 2.75) is 77.7 Å². The Kier molecular flexibility index (Phi) is 5.25. The molecule has 2 fully saturated rings. The average Bonchev–Trinajstić information content (AvgIpc) is 2.83. The van der Waals surface area contributed by atoms with Gasteiger partial charge >= 0.3 is 0 Å². The summed E-state index contributed by atoms with van der Waals surface area (Å²) in [7, 11) is 0. The van der Waals surface area contributed by atoms with E-state index in [9.17, 15) is 9.59 Å². The van der Waals surface area contributed by atoms with Crippen LogP contribution in [0.4, 0.5) is 0 Å². The Bertz CT molecular complexity index is 397. The summed E-state index contributed by atoms with van der Waals surface area (Å²) in [5, 5.41) is 2.89. The monoisotopic (exact) mass is 296 g/mol. The van der Waals surface area contributed by atoms with E-state index in [-0.39, 0.29) is 36.0 Å². The molecule has 5 heteroatoms. The van der Waals surface area contributed by atoms with Crippen LogP contribution in [0.25, 0.3) is 0 Å². The van der Waals surface area contributed by atoms with E-state index in [4.69, 9.17) is 4.74 Å². The lowest BCUT2D eigenvalue weighted by molar-refractivity contribution is -0.153. The van der Waals surface area contributed by atoms with E-state index in [1.54, 1.807) is 4.90 Å². The van der Waals surface area contributed by atoms with E-state index in [0.717, 1.165) is 19.3 Å². The maximum atomic E-state index is 12.7. The number of piperazine rings is 1. The minimum Gasteiger partial charge on any atom is -0.373 e. The number of amides is 2. The maximum Gasteiger partial charge on any atom is 0.246 e. The minimum atomic E-state index is -0.399. The van der Waals surface area contributed by atoms with Crippen LogP contribution < -0.4 is 5.32 Å². The van der Waals surface area contributed by atoms with E-state index in [1.165, 1.54) is 0 Å². The molecule has 4 unspecified atom stereocenters. The van der Waals surface area contributed by atoms with Crippen LogP contribution in [0.15, 0.2) is 0 Å². The molecule has 2 aliphatic rings. The Hall–Kier alpha value is -1.10. The van der Waals surface area contributed by atoms with Gasteiger partial charge in [-0.1, -0.05) is 27.2 Å². The smallest absolute Gasteiger partial charge is 0.246 e. The molecule has 2 amide bonds. The first-order valence-electron chi connectivity index (χ1n) is 8.20. The number of carbonyl (C=O) groups excluding carboxylic acids is 2. The molecule has 5 nitrogen and oxygen atoms in total. The minimum absolute atomic E-state index is 0.0128. The van der Waals surface area contributed by atoms with Gasteiger partial charge in [-0.3, -0.25) is 9.59 Å². The number of carbonyl (C=O) groups is 2. The quantitative estimate of drug-likeness (QED) is 0.840. The molecule has 0 aliphatic carbocycles. The van der Waals surface area contributed by atoms with Gasteiger partial charge in [-0.25, -0.2) is 0 Å². The van der Waals surface area contributed by atoms with Gasteiger partial charge in [0.25, 0.3) is 0 Å². The fourth-order valence-electron chi connectivity index (χ4n) is 3.25. The fraction of sp³-hybridized carbons (Fsp3) is 0.875. The number of nitrogens with zero attached hydrogens (tertiary/aromatic N) is 1. The third-order valence-electron chi connectivity index (χ3n) is 4.47. The average molecular weight is 296 g/mol.